The van der Waals surface area contributed by atoms with Gasteiger partial charge in [0.15, 0.2) is 0 Å². The number of benzene rings is 11. The summed E-state index contributed by atoms with van der Waals surface area (Å²) in [6.45, 7) is 7.32. The number of thiophene rings is 2. The minimum atomic E-state index is -0.0321. The fraction of sp³-hybridized carbons (Fsp3) is 0.134. The molecule has 0 atom stereocenters. The molecular weight excluding hydrogens is 897 g/mol. The maximum absolute atomic E-state index is 2.64. The van der Waals surface area contributed by atoms with Crippen LogP contribution in [0.2, 0.25) is 0 Å². The normalized spacial score (nSPS) is 14.3. The molecule has 340 valence electrons. The average molecular weight is 947 g/mol. The Labute approximate surface area is 421 Å². The molecule has 0 unspecified atom stereocenters. The lowest BCUT2D eigenvalue weighted by Crippen LogP contribution is -2.24. The molecule has 11 aromatic carbocycles. The van der Waals surface area contributed by atoms with Crippen LogP contribution >= 0.6 is 22.7 Å². The van der Waals surface area contributed by atoms with Gasteiger partial charge in [-0.25, -0.2) is 0 Å². The second kappa shape index (κ2) is 15.5. The number of anilines is 6. The lowest BCUT2D eigenvalue weighted by atomic mass is 9.70. The van der Waals surface area contributed by atoms with Gasteiger partial charge in [-0.1, -0.05) is 142 Å². The fourth-order valence-electron chi connectivity index (χ4n) is 12.7. The second-order valence-electron chi connectivity index (χ2n) is 20.6. The highest BCUT2D eigenvalue weighted by atomic mass is 32.1. The first-order valence-corrected chi connectivity index (χ1v) is 27.0. The van der Waals surface area contributed by atoms with Crippen LogP contribution < -0.4 is 9.80 Å². The van der Waals surface area contributed by atoms with Gasteiger partial charge in [0.2, 0.25) is 0 Å². The number of fused-ring (bicyclic) bond motifs is 8. The lowest BCUT2D eigenvalue weighted by molar-refractivity contribution is 0.475. The molecule has 15 rings (SSSR count). The molecule has 2 aliphatic carbocycles. The molecule has 71 heavy (non-hydrogen) atoms. The van der Waals surface area contributed by atoms with Gasteiger partial charge in [-0.05, 0) is 159 Å². The largest absolute Gasteiger partial charge is 0.308 e. The van der Waals surface area contributed by atoms with Crippen LogP contribution in [0.5, 0.6) is 0 Å². The topological polar surface area (TPSA) is 6.48 Å². The Morgan fingerprint density at radius 1 is 0.465 bits per heavy atom. The van der Waals surface area contributed by atoms with Crippen molar-refractivity contribution >= 4 is 146 Å². The smallest absolute Gasteiger partial charge is 0.0640 e. The molecule has 13 aromatic rings. The Morgan fingerprint density at radius 3 is 1.83 bits per heavy atom. The molecule has 0 bridgehead atoms. The standard InChI is InChI=1S/C67H50N2S2/c1-4-40-37-59(69(47-30-28-42-16-6-8-18-44(42)36-47)57-24-14-22-52-50-20-10-12-26-61(50)71-66(52)57)54-39-55-62-45(33-34-67(55,2)3)38-58(53-32-31-48(40)63(54)64(53)62)68(46-29-27-41-15-5-7-17-43(41)35-46)56-23-13-21-51-49-19-9-11-25-60(49)70-65(51)56/h5-6,8-16,18-32,35-39H,4,7,17,33-34H2,1-3H3. The highest BCUT2D eigenvalue weighted by Crippen LogP contribution is 2.56. The predicted molar refractivity (Wildman–Crippen MR) is 311 cm³/mol. The molecule has 0 radical (unpaired) electrons. The van der Waals surface area contributed by atoms with Crippen LogP contribution in [-0.4, -0.2) is 0 Å². The third kappa shape index (κ3) is 6.11. The summed E-state index contributed by atoms with van der Waals surface area (Å²) in [4.78, 5) is 5.26. The van der Waals surface area contributed by atoms with Crippen LogP contribution in [0.3, 0.4) is 0 Å². The van der Waals surface area contributed by atoms with E-state index in [0.29, 0.717) is 0 Å². The van der Waals surface area contributed by atoms with Gasteiger partial charge in [-0.15, -0.1) is 22.7 Å². The van der Waals surface area contributed by atoms with E-state index in [1.165, 1.54) is 145 Å². The second-order valence-corrected chi connectivity index (χ2v) is 22.7. The molecule has 0 fully saturated rings. The van der Waals surface area contributed by atoms with Crippen molar-refractivity contribution in [1.82, 2.24) is 0 Å². The number of hydrogen-bond donors (Lipinski definition) is 0. The monoisotopic (exact) mass is 946 g/mol. The molecule has 0 aliphatic heterocycles. The number of allylic oxidation sites excluding steroid dienone is 1. The van der Waals surface area contributed by atoms with E-state index in [0.717, 1.165) is 32.1 Å². The molecule has 2 nitrogen and oxygen atoms in total. The highest BCUT2D eigenvalue weighted by Gasteiger charge is 2.34. The number of hydrogen-bond acceptors (Lipinski definition) is 4. The lowest BCUT2D eigenvalue weighted by Gasteiger charge is -2.37. The van der Waals surface area contributed by atoms with Crippen molar-refractivity contribution < 1.29 is 0 Å². The van der Waals surface area contributed by atoms with Crippen molar-refractivity contribution in [3.63, 3.8) is 0 Å². The van der Waals surface area contributed by atoms with E-state index >= 15 is 0 Å². The average Bonchev–Trinajstić information content (AvgIpc) is 4.00. The summed E-state index contributed by atoms with van der Waals surface area (Å²) in [5.74, 6) is 0. The first-order valence-electron chi connectivity index (χ1n) is 25.4. The van der Waals surface area contributed by atoms with E-state index in [-0.39, 0.29) is 5.41 Å². The molecule has 0 N–H and O–H groups in total. The summed E-state index contributed by atoms with van der Waals surface area (Å²) in [6, 6.07) is 67.6. The molecule has 0 saturated heterocycles. The summed E-state index contributed by atoms with van der Waals surface area (Å²) in [5.41, 5.74) is 14.3. The molecule has 2 aliphatic rings. The third-order valence-corrected chi connectivity index (χ3v) is 18.7. The third-order valence-electron chi connectivity index (χ3n) is 16.2. The van der Waals surface area contributed by atoms with Crippen molar-refractivity contribution in [2.75, 3.05) is 9.80 Å². The highest BCUT2D eigenvalue weighted by molar-refractivity contribution is 7.26. The van der Waals surface area contributed by atoms with Crippen LogP contribution in [0.25, 0.3) is 89.5 Å². The SMILES string of the molecule is CCc1cc(N(c2ccc3ccccc3c2)c2cccc3c2sc2ccccc23)c2cc3c4c(cc(N(c5ccc6c(c5)CCC=C6)c5cccc6c5sc5ccccc56)c5ccc1c2c54)CCC3(C)C. The minimum absolute atomic E-state index is 0.0321. The quantitative estimate of drug-likeness (QED) is 0.147. The fourth-order valence-corrected chi connectivity index (χ4v) is 15.1. The zero-order chi connectivity index (χ0) is 47.1. The van der Waals surface area contributed by atoms with Gasteiger partial charge in [-0.2, -0.15) is 0 Å². The molecule has 0 amide bonds. The number of aryl methyl sites for hydroxylation is 3. The zero-order valence-electron chi connectivity index (χ0n) is 40.1. The van der Waals surface area contributed by atoms with Crippen molar-refractivity contribution in [1.29, 1.82) is 0 Å². The van der Waals surface area contributed by atoms with Crippen molar-refractivity contribution in [3.05, 3.63) is 210 Å². The van der Waals surface area contributed by atoms with Gasteiger partial charge in [-0.3, -0.25) is 0 Å². The van der Waals surface area contributed by atoms with Crippen molar-refractivity contribution in [3.8, 4) is 0 Å². The Morgan fingerprint density at radius 2 is 1.10 bits per heavy atom. The van der Waals surface area contributed by atoms with E-state index in [4.69, 9.17) is 0 Å². The van der Waals surface area contributed by atoms with Crippen LogP contribution in [0.1, 0.15) is 61.4 Å². The van der Waals surface area contributed by atoms with Gasteiger partial charge in [0.25, 0.3) is 0 Å². The summed E-state index contributed by atoms with van der Waals surface area (Å²) in [6.07, 6.45) is 9.79. The van der Waals surface area contributed by atoms with E-state index in [9.17, 15) is 0 Å². The maximum Gasteiger partial charge on any atom is 0.0640 e. The van der Waals surface area contributed by atoms with Crippen LogP contribution in [-0.2, 0) is 24.7 Å². The molecule has 0 spiro atoms. The molecule has 2 heterocycles. The maximum atomic E-state index is 2.64. The summed E-state index contributed by atoms with van der Waals surface area (Å²) in [5, 5.41) is 16.0. The van der Waals surface area contributed by atoms with Crippen LogP contribution in [0.15, 0.2) is 182 Å². The van der Waals surface area contributed by atoms with Gasteiger partial charge in [0.05, 0.1) is 32.1 Å². The Bertz CT molecular complexity index is 4390. The summed E-state index contributed by atoms with van der Waals surface area (Å²) < 4.78 is 5.27. The van der Waals surface area contributed by atoms with Crippen molar-refractivity contribution in [2.24, 2.45) is 0 Å². The van der Waals surface area contributed by atoms with E-state index in [1.807, 2.05) is 22.7 Å². The van der Waals surface area contributed by atoms with Gasteiger partial charge in [0, 0.05) is 58.5 Å². The molecule has 4 heteroatoms. The van der Waals surface area contributed by atoms with Crippen LogP contribution in [0, 0.1) is 0 Å². The van der Waals surface area contributed by atoms with E-state index < -0.39 is 0 Å². The first kappa shape index (κ1) is 41.3. The Kier molecular flexibility index (Phi) is 9.02. The minimum Gasteiger partial charge on any atom is -0.308 e. The van der Waals surface area contributed by atoms with Crippen molar-refractivity contribution in [2.45, 2.75) is 58.3 Å². The molecular formula is C67H50N2S2. The first-order chi connectivity index (χ1) is 34.9. The zero-order valence-corrected chi connectivity index (χ0v) is 41.8. The Hall–Kier alpha value is -7.50. The molecule has 2 aromatic heterocycles. The summed E-state index contributed by atoms with van der Waals surface area (Å²) >= 11 is 3.84. The Balaban J connectivity index is 1.08. The van der Waals surface area contributed by atoms with Gasteiger partial charge < -0.3 is 9.80 Å². The molecule has 0 saturated carbocycles. The van der Waals surface area contributed by atoms with E-state index in [1.54, 1.807) is 0 Å². The predicted octanol–water partition coefficient (Wildman–Crippen LogP) is 20.2. The number of nitrogens with zero attached hydrogens (tertiary/aromatic N) is 2. The number of rotatable bonds is 7. The summed E-state index contributed by atoms with van der Waals surface area (Å²) in [7, 11) is 0. The van der Waals surface area contributed by atoms with Gasteiger partial charge in [0.1, 0.15) is 0 Å². The van der Waals surface area contributed by atoms with Crippen LogP contribution in [0.4, 0.5) is 34.1 Å². The van der Waals surface area contributed by atoms with E-state index in [2.05, 4.69) is 219 Å². The van der Waals surface area contributed by atoms with Gasteiger partial charge >= 0.3 is 0 Å².